The van der Waals surface area contributed by atoms with Gasteiger partial charge >= 0.3 is 0 Å². The number of piperidine rings is 1. The van der Waals surface area contributed by atoms with E-state index in [4.69, 9.17) is 4.74 Å². The molecule has 0 bridgehead atoms. The second kappa shape index (κ2) is 6.66. The number of fused-ring (bicyclic) bond motifs is 1. The van der Waals surface area contributed by atoms with Crippen LogP contribution in [0, 0.1) is 5.92 Å². The van der Waals surface area contributed by atoms with Crippen molar-refractivity contribution < 1.29 is 9.53 Å². The average molecular weight is 316 g/mol. The van der Waals surface area contributed by atoms with Gasteiger partial charge in [0.05, 0.1) is 18.0 Å². The second-order valence-corrected chi connectivity index (χ2v) is 6.58. The molecule has 2 aromatic rings. The highest BCUT2D eigenvalue weighted by molar-refractivity contribution is 5.96. The molecule has 0 atom stereocenters. The Morgan fingerprint density at radius 3 is 2.74 bits per heavy atom. The molecule has 6 nitrogen and oxygen atoms in total. The van der Waals surface area contributed by atoms with E-state index in [1.807, 2.05) is 15.5 Å². The minimum absolute atomic E-state index is 0.0346. The minimum atomic E-state index is 0.0346. The third-order valence-electron chi connectivity index (χ3n) is 4.33. The van der Waals surface area contributed by atoms with Crippen LogP contribution >= 0.6 is 0 Å². The summed E-state index contributed by atoms with van der Waals surface area (Å²) in [6.07, 6.45) is 5.52. The molecule has 1 aliphatic heterocycles. The fourth-order valence-electron chi connectivity index (χ4n) is 3.07. The first-order chi connectivity index (χ1) is 11.1. The Labute approximate surface area is 136 Å². The van der Waals surface area contributed by atoms with E-state index < -0.39 is 0 Å². The molecule has 1 amide bonds. The maximum Gasteiger partial charge on any atom is 0.255 e. The maximum absolute atomic E-state index is 12.6. The van der Waals surface area contributed by atoms with Gasteiger partial charge in [-0.2, -0.15) is 0 Å². The Bertz CT molecular complexity index is 687. The van der Waals surface area contributed by atoms with Crippen LogP contribution in [0.25, 0.3) is 11.2 Å². The molecule has 1 aliphatic rings. The van der Waals surface area contributed by atoms with E-state index in [1.54, 1.807) is 19.6 Å². The monoisotopic (exact) mass is 316 g/mol. The number of likely N-dealkylation sites (tertiary alicyclic amines) is 1. The van der Waals surface area contributed by atoms with Gasteiger partial charge < -0.3 is 14.2 Å². The van der Waals surface area contributed by atoms with Gasteiger partial charge in [-0.05, 0) is 24.8 Å². The molecule has 0 saturated carbocycles. The summed E-state index contributed by atoms with van der Waals surface area (Å²) < 4.78 is 7.39. The molecule has 1 saturated heterocycles. The van der Waals surface area contributed by atoms with Gasteiger partial charge in [0.1, 0.15) is 5.52 Å². The van der Waals surface area contributed by atoms with E-state index in [0.29, 0.717) is 11.5 Å². The number of carbonyl (C=O) groups is 1. The molecule has 0 aliphatic carbocycles. The predicted octanol–water partition coefficient (Wildman–Crippen LogP) is 2.34. The summed E-state index contributed by atoms with van der Waals surface area (Å²) in [6.45, 7) is 6.66. The highest BCUT2D eigenvalue weighted by Gasteiger charge is 2.24. The lowest BCUT2D eigenvalue weighted by Gasteiger charge is -2.31. The molecule has 124 valence electrons. The average Bonchev–Trinajstić information content (AvgIpc) is 2.96. The Hall–Kier alpha value is -1.95. The first-order valence-electron chi connectivity index (χ1n) is 8.21. The summed E-state index contributed by atoms with van der Waals surface area (Å²) in [5.41, 5.74) is 2.24. The van der Waals surface area contributed by atoms with Crippen LogP contribution < -0.4 is 0 Å². The summed E-state index contributed by atoms with van der Waals surface area (Å²) in [4.78, 5) is 23.4. The molecular formula is C17H24N4O2. The van der Waals surface area contributed by atoms with Crippen LogP contribution in [-0.4, -0.2) is 51.6 Å². The fourth-order valence-corrected chi connectivity index (χ4v) is 3.07. The first-order valence-corrected chi connectivity index (χ1v) is 8.21. The Morgan fingerprint density at radius 1 is 1.35 bits per heavy atom. The zero-order chi connectivity index (χ0) is 16.4. The van der Waals surface area contributed by atoms with Crippen molar-refractivity contribution in [2.24, 2.45) is 5.92 Å². The minimum Gasteiger partial charge on any atom is -0.381 e. The number of nitrogens with zero attached hydrogens (tertiary/aromatic N) is 4. The third-order valence-corrected chi connectivity index (χ3v) is 4.33. The molecule has 0 unspecified atom stereocenters. The molecule has 3 rings (SSSR count). The van der Waals surface area contributed by atoms with Gasteiger partial charge in [0.25, 0.3) is 5.91 Å². The van der Waals surface area contributed by atoms with E-state index in [2.05, 4.69) is 23.8 Å². The SMILES string of the molecule is COC1CCN(C(=O)c2cnc3c(c2)ncn3CC(C)C)CC1. The van der Waals surface area contributed by atoms with Crippen LogP contribution in [0.5, 0.6) is 0 Å². The molecule has 3 heterocycles. The molecule has 2 aromatic heterocycles. The molecule has 23 heavy (non-hydrogen) atoms. The predicted molar refractivity (Wildman–Crippen MR) is 88.3 cm³/mol. The van der Waals surface area contributed by atoms with Gasteiger partial charge in [-0.15, -0.1) is 0 Å². The van der Waals surface area contributed by atoms with Gasteiger partial charge in [-0.25, -0.2) is 9.97 Å². The number of hydrogen-bond donors (Lipinski definition) is 0. The van der Waals surface area contributed by atoms with E-state index in [-0.39, 0.29) is 12.0 Å². The molecule has 0 radical (unpaired) electrons. The lowest BCUT2D eigenvalue weighted by atomic mass is 10.1. The number of methoxy groups -OCH3 is 1. The van der Waals surface area contributed by atoms with Crippen LogP contribution in [0.3, 0.4) is 0 Å². The number of hydrogen-bond acceptors (Lipinski definition) is 4. The number of aromatic nitrogens is 3. The largest absolute Gasteiger partial charge is 0.381 e. The highest BCUT2D eigenvalue weighted by Crippen LogP contribution is 2.18. The van der Waals surface area contributed by atoms with Crippen molar-refractivity contribution in [1.82, 2.24) is 19.4 Å². The Kier molecular flexibility index (Phi) is 4.61. The molecule has 0 N–H and O–H groups in total. The van der Waals surface area contributed by atoms with E-state index in [0.717, 1.165) is 43.6 Å². The van der Waals surface area contributed by atoms with Crippen LogP contribution in [0.4, 0.5) is 0 Å². The Morgan fingerprint density at radius 2 is 2.09 bits per heavy atom. The lowest BCUT2D eigenvalue weighted by molar-refractivity contribution is 0.0350. The van der Waals surface area contributed by atoms with Crippen LogP contribution in [0.2, 0.25) is 0 Å². The van der Waals surface area contributed by atoms with Crippen molar-refractivity contribution in [2.75, 3.05) is 20.2 Å². The standard InChI is InChI=1S/C17H24N4O2/c1-12(2)10-21-11-19-15-8-13(9-18-16(15)21)17(22)20-6-4-14(23-3)5-7-20/h8-9,11-12,14H,4-7,10H2,1-3H3. The molecule has 0 aromatic carbocycles. The lowest BCUT2D eigenvalue weighted by Crippen LogP contribution is -2.40. The molecule has 1 fully saturated rings. The van der Waals surface area contributed by atoms with Crippen LogP contribution in [0.15, 0.2) is 18.6 Å². The van der Waals surface area contributed by atoms with Crippen molar-refractivity contribution >= 4 is 17.1 Å². The number of ether oxygens (including phenoxy) is 1. The van der Waals surface area contributed by atoms with E-state index in [1.165, 1.54) is 0 Å². The van der Waals surface area contributed by atoms with Crippen molar-refractivity contribution in [2.45, 2.75) is 39.3 Å². The number of pyridine rings is 1. The zero-order valence-corrected chi connectivity index (χ0v) is 14.0. The fraction of sp³-hybridized carbons (Fsp3) is 0.588. The number of carbonyl (C=O) groups excluding carboxylic acids is 1. The van der Waals surface area contributed by atoms with Crippen molar-refractivity contribution in [3.05, 3.63) is 24.2 Å². The van der Waals surface area contributed by atoms with Crippen LogP contribution in [0.1, 0.15) is 37.0 Å². The first kappa shape index (κ1) is 15.9. The Balaban J connectivity index is 1.77. The summed E-state index contributed by atoms with van der Waals surface area (Å²) >= 11 is 0. The summed E-state index contributed by atoms with van der Waals surface area (Å²) in [6, 6.07) is 1.85. The zero-order valence-electron chi connectivity index (χ0n) is 14.0. The van der Waals surface area contributed by atoms with E-state index >= 15 is 0 Å². The molecule has 6 heteroatoms. The normalized spacial score (nSPS) is 16.4. The van der Waals surface area contributed by atoms with Crippen molar-refractivity contribution in [1.29, 1.82) is 0 Å². The van der Waals surface area contributed by atoms with Gasteiger partial charge in [0, 0.05) is 32.9 Å². The number of amides is 1. The van der Waals surface area contributed by atoms with Gasteiger partial charge in [-0.1, -0.05) is 13.8 Å². The topological polar surface area (TPSA) is 60.2 Å². The summed E-state index contributed by atoms with van der Waals surface area (Å²) in [5.74, 6) is 0.560. The van der Waals surface area contributed by atoms with Gasteiger partial charge in [0.15, 0.2) is 5.65 Å². The summed E-state index contributed by atoms with van der Waals surface area (Å²) in [7, 11) is 1.73. The maximum atomic E-state index is 12.6. The smallest absolute Gasteiger partial charge is 0.255 e. The van der Waals surface area contributed by atoms with Crippen molar-refractivity contribution in [3.8, 4) is 0 Å². The second-order valence-electron chi connectivity index (χ2n) is 6.58. The number of imidazole rings is 1. The van der Waals surface area contributed by atoms with Crippen molar-refractivity contribution in [3.63, 3.8) is 0 Å². The van der Waals surface area contributed by atoms with Gasteiger partial charge in [-0.3, -0.25) is 4.79 Å². The summed E-state index contributed by atoms with van der Waals surface area (Å²) in [5, 5.41) is 0. The highest BCUT2D eigenvalue weighted by atomic mass is 16.5. The quantitative estimate of drug-likeness (QED) is 0.868. The van der Waals surface area contributed by atoms with Gasteiger partial charge in [0.2, 0.25) is 0 Å². The third kappa shape index (κ3) is 3.37. The molecular weight excluding hydrogens is 292 g/mol. The molecule has 0 spiro atoms. The van der Waals surface area contributed by atoms with Crippen LogP contribution in [-0.2, 0) is 11.3 Å². The van der Waals surface area contributed by atoms with E-state index in [9.17, 15) is 4.79 Å². The number of rotatable bonds is 4.